The number of hydrogen-bond acceptors (Lipinski definition) is 2. The van der Waals surface area contributed by atoms with Crippen LogP contribution in [-0.2, 0) is 6.42 Å². The third kappa shape index (κ3) is 3.14. The lowest BCUT2D eigenvalue weighted by molar-refractivity contribution is 0.631. The maximum absolute atomic E-state index is 13.5. The van der Waals surface area contributed by atoms with E-state index in [-0.39, 0.29) is 5.82 Å². The molecule has 0 fully saturated rings. The van der Waals surface area contributed by atoms with Gasteiger partial charge < -0.3 is 11.1 Å². The van der Waals surface area contributed by atoms with Gasteiger partial charge in [0.25, 0.3) is 0 Å². The highest BCUT2D eigenvalue weighted by Crippen LogP contribution is 2.18. The van der Waals surface area contributed by atoms with Crippen molar-refractivity contribution in [2.24, 2.45) is 0 Å². The third-order valence-electron chi connectivity index (χ3n) is 2.66. The molecule has 0 heterocycles. The molecule has 4 heteroatoms. The van der Waals surface area contributed by atoms with Crippen LogP contribution in [0, 0.1) is 5.82 Å². The van der Waals surface area contributed by atoms with Crippen LogP contribution < -0.4 is 11.1 Å². The van der Waals surface area contributed by atoms with Crippen molar-refractivity contribution < 1.29 is 4.39 Å². The topological polar surface area (TPSA) is 38.0 Å². The molecule has 0 radical (unpaired) electrons. The molecule has 0 atom stereocenters. The maximum Gasteiger partial charge on any atom is 0.148 e. The van der Waals surface area contributed by atoms with Crippen LogP contribution in [0.3, 0.4) is 0 Å². The van der Waals surface area contributed by atoms with E-state index in [0.717, 1.165) is 17.0 Å². The predicted octanol–water partition coefficient (Wildman–Crippen LogP) is 3.72. The normalized spacial score (nSPS) is 10.3. The van der Waals surface area contributed by atoms with Crippen molar-refractivity contribution in [1.29, 1.82) is 0 Å². The molecule has 18 heavy (non-hydrogen) atoms. The van der Waals surface area contributed by atoms with Gasteiger partial charge >= 0.3 is 0 Å². The lowest BCUT2D eigenvalue weighted by Crippen LogP contribution is -2.06. The predicted molar refractivity (Wildman–Crippen MR) is 74.5 cm³/mol. The minimum absolute atomic E-state index is 0.339. The SMILES string of the molecule is Nc1ccc(NCCc2ccccc2Cl)c(F)c1. The summed E-state index contributed by atoms with van der Waals surface area (Å²) < 4.78 is 13.5. The van der Waals surface area contributed by atoms with Gasteiger partial charge in [-0.1, -0.05) is 29.8 Å². The van der Waals surface area contributed by atoms with Gasteiger partial charge in [-0.15, -0.1) is 0 Å². The van der Waals surface area contributed by atoms with Crippen molar-refractivity contribution in [3.8, 4) is 0 Å². The Kier molecular flexibility index (Phi) is 4.05. The summed E-state index contributed by atoms with van der Waals surface area (Å²) in [5.74, 6) is -0.339. The van der Waals surface area contributed by atoms with Gasteiger partial charge in [0.1, 0.15) is 5.82 Å². The molecule has 3 N–H and O–H groups in total. The highest BCUT2D eigenvalue weighted by molar-refractivity contribution is 6.31. The molecular formula is C14H14ClFN2. The monoisotopic (exact) mass is 264 g/mol. The second kappa shape index (κ2) is 5.74. The first kappa shape index (κ1) is 12.7. The van der Waals surface area contributed by atoms with E-state index in [1.165, 1.54) is 6.07 Å². The first-order valence-corrected chi connectivity index (χ1v) is 6.07. The highest BCUT2D eigenvalue weighted by Gasteiger charge is 2.02. The van der Waals surface area contributed by atoms with Crippen molar-refractivity contribution in [3.05, 3.63) is 58.9 Å². The van der Waals surface area contributed by atoms with Crippen molar-refractivity contribution in [2.75, 3.05) is 17.6 Å². The number of nitrogens with two attached hydrogens (primary N) is 1. The Balaban J connectivity index is 1.95. The molecule has 0 bridgehead atoms. The van der Waals surface area contributed by atoms with Crippen LogP contribution in [0.15, 0.2) is 42.5 Å². The fourth-order valence-electron chi connectivity index (χ4n) is 1.71. The summed E-state index contributed by atoms with van der Waals surface area (Å²) in [6.45, 7) is 0.616. The van der Waals surface area contributed by atoms with Crippen molar-refractivity contribution in [2.45, 2.75) is 6.42 Å². The van der Waals surface area contributed by atoms with Crippen LogP contribution >= 0.6 is 11.6 Å². The van der Waals surface area contributed by atoms with Gasteiger partial charge in [0.05, 0.1) is 5.69 Å². The average molecular weight is 265 g/mol. The zero-order valence-corrected chi connectivity index (χ0v) is 10.5. The Hall–Kier alpha value is -1.74. The first-order valence-electron chi connectivity index (χ1n) is 5.69. The van der Waals surface area contributed by atoms with Gasteiger partial charge in [-0.25, -0.2) is 4.39 Å². The molecule has 0 spiro atoms. The van der Waals surface area contributed by atoms with Gasteiger partial charge in [-0.05, 0) is 36.2 Å². The molecule has 94 valence electrons. The zero-order chi connectivity index (χ0) is 13.0. The second-order valence-electron chi connectivity index (χ2n) is 4.01. The van der Waals surface area contributed by atoms with E-state index < -0.39 is 0 Å². The van der Waals surface area contributed by atoms with E-state index >= 15 is 0 Å². The van der Waals surface area contributed by atoms with Crippen LogP contribution in [0.5, 0.6) is 0 Å². The highest BCUT2D eigenvalue weighted by atomic mass is 35.5. The zero-order valence-electron chi connectivity index (χ0n) is 9.79. The number of nitrogens with one attached hydrogen (secondary N) is 1. The number of anilines is 2. The van der Waals surface area contributed by atoms with Gasteiger partial charge in [0, 0.05) is 17.3 Å². The largest absolute Gasteiger partial charge is 0.399 e. The Morgan fingerprint density at radius 1 is 1.17 bits per heavy atom. The van der Waals surface area contributed by atoms with Gasteiger partial charge in [-0.3, -0.25) is 0 Å². The molecule has 0 aliphatic heterocycles. The number of halogens is 2. The van der Waals surface area contributed by atoms with Crippen molar-refractivity contribution >= 4 is 23.0 Å². The molecule has 0 aromatic heterocycles. The van der Waals surface area contributed by atoms with E-state index in [9.17, 15) is 4.39 Å². The quantitative estimate of drug-likeness (QED) is 0.826. The Labute approximate surface area is 111 Å². The van der Waals surface area contributed by atoms with E-state index in [4.69, 9.17) is 17.3 Å². The van der Waals surface area contributed by atoms with Crippen LogP contribution in [0.25, 0.3) is 0 Å². The molecule has 0 saturated carbocycles. The lowest BCUT2D eigenvalue weighted by Gasteiger charge is -2.09. The molecule has 2 rings (SSSR count). The van der Waals surface area contributed by atoms with Crippen LogP contribution in [-0.4, -0.2) is 6.54 Å². The lowest BCUT2D eigenvalue weighted by atomic mass is 10.1. The standard InChI is InChI=1S/C14H14ClFN2/c15-12-4-2-1-3-10(12)7-8-18-14-6-5-11(17)9-13(14)16/h1-6,9,18H,7-8,17H2. The van der Waals surface area contributed by atoms with E-state index in [1.54, 1.807) is 12.1 Å². The van der Waals surface area contributed by atoms with E-state index in [0.29, 0.717) is 17.9 Å². The molecule has 2 aromatic rings. The molecule has 2 aromatic carbocycles. The molecule has 0 aliphatic carbocycles. The summed E-state index contributed by atoms with van der Waals surface area (Å²) in [5.41, 5.74) is 7.40. The molecular weight excluding hydrogens is 251 g/mol. The molecule has 0 amide bonds. The average Bonchev–Trinajstić information content (AvgIpc) is 2.34. The number of benzene rings is 2. The first-order chi connectivity index (χ1) is 8.66. The van der Waals surface area contributed by atoms with E-state index in [1.807, 2.05) is 24.3 Å². The molecule has 2 nitrogen and oxygen atoms in total. The third-order valence-corrected chi connectivity index (χ3v) is 3.03. The Bertz CT molecular complexity index is 543. The maximum atomic E-state index is 13.5. The summed E-state index contributed by atoms with van der Waals surface area (Å²) in [6.07, 6.45) is 0.740. The summed E-state index contributed by atoms with van der Waals surface area (Å²) in [5, 5.41) is 3.76. The fraction of sp³-hybridized carbons (Fsp3) is 0.143. The Morgan fingerprint density at radius 2 is 1.94 bits per heavy atom. The number of rotatable bonds is 4. The summed E-state index contributed by atoms with van der Waals surface area (Å²) in [4.78, 5) is 0. The minimum Gasteiger partial charge on any atom is -0.399 e. The molecule has 0 saturated heterocycles. The molecule has 0 aliphatic rings. The second-order valence-corrected chi connectivity index (χ2v) is 4.41. The van der Waals surface area contributed by atoms with Crippen molar-refractivity contribution in [3.63, 3.8) is 0 Å². The van der Waals surface area contributed by atoms with Crippen LogP contribution in [0.4, 0.5) is 15.8 Å². The molecule has 0 unspecified atom stereocenters. The van der Waals surface area contributed by atoms with Crippen LogP contribution in [0.2, 0.25) is 5.02 Å². The van der Waals surface area contributed by atoms with Crippen molar-refractivity contribution in [1.82, 2.24) is 0 Å². The fourth-order valence-corrected chi connectivity index (χ4v) is 1.94. The Morgan fingerprint density at radius 3 is 2.67 bits per heavy atom. The van der Waals surface area contributed by atoms with Crippen LogP contribution in [0.1, 0.15) is 5.56 Å². The summed E-state index contributed by atoms with van der Waals surface area (Å²) >= 11 is 6.04. The summed E-state index contributed by atoms with van der Waals surface area (Å²) in [6, 6.07) is 12.2. The van der Waals surface area contributed by atoms with Gasteiger partial charge in [-0.2, -0.15) is 0 Å². The minimum atomic E-state index is -0.339. The smallest absolute Gasteiger partial charge is 0.148 e. The number of hydrogen-bond donors (Lipinski definition) is 2. The number of nitrogen functional groups attached to an aromatic ring is 1. The van der Waals surface area contributed by atoms with E-state index in [2.05, 4.69) is 5.32 Å². The van der Waals surface area contributed by atoms with Gasteiger partial charge in [0.15, 0.2) is 0 Å². The summed E-state index contributed by atoms with van der Waals surface area (Å²) in [7, 11) is 0. The van der Waals surface area contributed by atoms with Gasteiger partial charge in [0.2, 0.25) is 0 Å².